The molecule has 3 rings (SSSR count). The number of methoxy groups -OCH3 is 1. The van der Waals surface area contributed by atoms with Crippen LogP contribution in [0.5, 0.6) is 5.75 Å². The van der Waals surface area contributed by atoms with Gasteiger partial charge in [0.25, 0.3) is 5.91 Å². The van der Waals surface area contributed by atoms with Gasteiger partial charge in [-0.05, 0) is 41.0 Å². The summed E-state index contributed by atoms with van der Waals surface area (Å²) in [5.41, 5.74) is 1.60. The van der Waals surface area contributed by atoms with Gasteiger partial charge in [-0.3, -0.25) is 9.59 Å². The van der Waals surface area contributed by atoms with Gasteiger partial charge in [-0.25, -0.2) is 0 Å². The fourth-order valence-electron chi connectivity index (χ4n) is 2.83. The minimum atomic E-state index is -0.422. The second kappa shape index (κ2) is 8.85. The summed E-state index contributed by atoms with van der Waals surface area (Å²) in [6, 6.07) is 21.0. The molecule has 0 saturated heterocycles. The molecule has 1 N–H and O–H groups in total. The van der Waals surface area contributed by atoms with Gasteiger partial charge in [-0.2, -0.15) is 0 Å². The van der Waals surface area contributed by atoms with Gasteiger partial charge in [-0.15, -0.1) is 0 Å². The maximum absolute atomic E-state index is 12.0. The molecule has 138 valence electrons. The predicted molar refractivity (Wildman–Crippen MR) is 105 cm³/mol. The van der Waals surface area contributed by atoms with E-state index in [4.69, 9.17) is 9.47 Å². The molecule has 0 radical (unpaired) electrons. The molecule has 3 aromatic carbocycles. The number of hydrogen-bond donors (Lipinski definition) is 1. The number of nitrogens with one attached hydrogen (secondary N) is 1. The Bertz CT molecular complexity index is 952. The summed E-state index contributed by atoms with van der Waals surface area (Å²) >= 11 is 0. The zero-order chi connectivity index (χ0) is 19.1. The molecule has 0 unspecified atom stereocenters. The first-order valence-electron chi connectivity index (χ1n) is 8.72. The highest BCUT2D eigenvalue weighted by molar-refractivity contribution is 5.95. The van der Waals surface area contributed by atoms with Crippen LogP contribution < -0.4 is 10.1 Å². The van der Waals surface area contributed by atoms with E-state index in [-0.39, 0.29) is 18.9 Å². The fourth-order valence-corrected chi connectivity index (χ4v) is 2.83. The van der Waals surface area contributed by atoms with Crippen LogP contribution in [0.1, 0.15) is 12.0 Å². The Morgan fingerprint density at radius 2 is 1.67 bits per heavy atom. The molecule has 0 spiro atoms. The minimum Gasteiger partial charge on any atom is -0.496 e. The summed E-state index contributed by atoms with van der Waals surface area (Å²) in [6.07, 6.45) is 0.679. The number of carbonyl (C=O) groups excluding carboxylic acids is 2. The third-order valence-electron chi connectivity index (χ3n) is 4.19. The van der Waals surface area contributed by atoms with Gasteiger partial charge < -0.3 is 14.8 Å². The number of para-hydroxylation sites is 1. The van der Waals surface area contributed by atoms with Crippen molar-refractivity contribution in [1.82, 2.24) is 0 Å². The predicted octanol–water partition coefficient (Wildman–Crippen LogP) is 3.96. The molecule has 0 bridgehead atoms. The van der Waals surface area contributed by atoms with E-state index in [1.54, 1.807) is 7.11 Å². The van der Waals surface area contributed by atoms with E-state index in [2.05, 4.69) is 5.32 Å². The molecule has 5 heteroatoms. The molecular formula is C22H21NO4. The molecule has 0 heterocycles. The smallest absolute Gasteiger partial charge is 0.306 e. The SMILES string of the molecule is COc1ccccc1CCC(=O)OCC(=O)Nc1ccc2ccccc2c1. The van der Waals surface area contributed by atoms with Gasteiger partial charge in [0.05, 0.1) is 7.11 Å². The number of ether oxygens (including phenoxy) is 2. The average Bonchev–Trinajstić information content (AvgIpc) is 2.70. The number of benzene rings is 3. The monoisotopic (exact) mass is 363 g/mol. The van der Waals surface area contributed by atoms with Crippen molar-refractivity contribution in [1.29, 1.82) is 0 Å². The van der Waals surface area contributed by atoms with Gasteiger partial charge >= 0.3 is 5.97 Å². The van der Waals surface area contributed by atoms with Crippen LogP contribution in [0.4, 0.5) is 5.69 Å². The number of amides is 1. The molecule has 1 amide bonds. The van der Waals surface area contributed by atoms with Gasteiger partial charge in [0.1, 0.15) is 5.75 Å². The summed E-state index contributed by atoms with van der Waals surface area (Å²) in [5, 5.41) is 4.87. The molecular weight excluding hydrogens is 342 g/mol. The van der Waals surface area contributed by atoms with Gasteiger partial charge in [-0.1, -0.05) is 48.5 Å². The number of fused-ring (bicyclic) bond motifs is 1. The van der Waals surface area contributed by atoms with Crippen molar-refractivity contribution in [3.63, 3.8) is 0 Å². The van der Waals surface area contributed by atoms with Gasteiger partial charge in [0.2, 0.25) is 0 Å². The Labute approximate surface area is 157 Å². The zero-order valence-electron chi connectivity index (χ0n) is 15.1. The Balaban J connectivity index is 1.47. The van der Waals surface area contributed by atoms with E-state index in [9.17, 15) is 9.59 Å². The lowest BCUT2D eigenvalue weighted by Crippen LogP contribution is -2.21. The summed E-state index contributed by atoms with van der Waals surface area (Å²) in [4.78, 5) is 23.9. The first-order chi connectivity index (χ1) is 13.2. The number of esters is 1. The topological polar surface area (TPSA) is 64.6 Å². The molecule has 27 heavy (non-hydrogen) atoms. The highest BCUT2D eigenvalue weighted by atomic mass is 16.5. The number of aryl methyl sites for hydroxylation is 1. The van der Waals surface area contributed by atoms with Gasteiger partial charge in [0.15, 0.2) is 6.61 Å². The van der Waals surface area contributed by atoms with Crippen molar-refractivity contribution in [2.24, 2.45) is 0 Å². The first-order valence-corrected chi connectivity index (χ1v) is 8.72. The van der Waals surface area contributed by atoms with E-state index in [1.807, 2.05) is 66.7 Å². The Morgan fingerprint density at radius 1 is 0.926 bits per heavy atom. The lowest BCUT2D eigenvalue weighted by Gasteiger charge is -2.09. The number of anilines is 1. The number of rotatable bonds is 7. The van der Waals surface area contributed by atoms with Crippen molar-refractivity contribution in [2.45, 2.75) is 12.8 Å². The maximum Gasteiger partial charge on any atom is 0.306 e. The molecule has 0 saturated carbocycles. The van der Waals surface area contributed by atoms with Crippen LogP contribution in [0.2, 0.25) is 0 Å². The number of carbonyl (C=O) groups is 2. The van der Waals surface area contributed by atoms with Gasteiger partial charge in [0, 0.05) is 12.1 Å². The summed E-state index contributed by atoms with van der Waals surface area (Å²) in [6.45, 7) is -0.308. The number of hydrogen-bond acceptors (Lipinski definition) is 4. The lowest BCUT2D eigenvalue weighted by atomic mass is 10.1. The summed E-state index contributed by atoms with van der Waals surface area (Å²) < 4.78 is 10.3. The molecule has 0 aliphatic heterocycles. The fraction of sp³-hybridized carbons (Fsp3) is 0.182. The Kier molecular flexibility index (Phi) is 6.05. The molecule has 0 fully saturated rings. The highest BCUT2D eigenvalue weighted by Crippen LogP contribution is 2.20. The van der Waals surface area contributed by atoms with Crippen LogP contribution in [0, 0.1) is 0 Å². The van der Waals surface area contributed by atoms with Crippen LogP contribution in [0.25, 0.3) is 10.8 Å². The zero-order valence-corrected chi connectivity index (χ0v) is 15.1. The second-order valence-electron chi connectivity index (χ2n) is 6.08. The second-order valence-corrected chi connectivity index (χ2v) is 6.08. The van der Waals surface area contributed by atoms with Crippen molar-refractivity contribution >= 4 is 28.3 Å². The van der Waals surface area contributed by atoms with Crippen LogP contribution in [0.15, 0.2) is 66.7 Å². The Morgan fingerprint density at radius 3 is 2.48 bits per heavy atom. The van der Waals surface area contributed by atoms with Crippen LogP contribution in [-0.4, -0.2) is 25.6 Å². The first kappa shape index (κ1) is 18.5. The van der Waals surface area contributed by atoms with Crippen molar-refractivity contribution in [3.8, 4) is 5.75 Å². The normalized spacial score (nSPS) is 10.4. The van der Waals surface area contributed by atoms with E-state index in [0.717, 1.165) is 22.1 Å². The van der Waals surface area contributed by atoms with E-state index >= 15 is 0 Å². The quantitative estimate of drug-likeness (QED) is 0.645. The standard InChI is InChI=1S/C22H21NO4/c1-26-20-9-5-4-7-17(20)11-13-22(25)27-15-21(24)23-19-12-10-16-6-2-3-8-18(16)14-19/h2-10,12,14H,11,13,15H2,1H3,(H,23,24). The summed E-state index contributed by atoms with van der Waals surface area (Å²) in [7, 11) is 1.59. The average molecular weight is 363 g/mol. The summed E-state index contributed by atoms with van der Waals surface area (Å²) in [5.74, 6) is -0.0511. The largest absolute Gasteiger partial charge is 0.496 e. The molecule has 5 nitrogen and oxygen atoms in total. The third-order valence-corrected chi connectivity index (χ3v) is 4.19. The molecule has 3 aromatic rings. The molecule has 0 atom stereocenters. The van der Waals surface area contributed by atoms with Crippen molar-refractivity contribution in [3.05, 3.63) is 72.3 Å². The minimum absolute atomic E-state index is 0.184. The lowest BCUT2D eigenvalue weighted by molar-refractivity contribution is -0.147. The van der Waals surface area contributed by atoms with Crippen LogP contribution in [-0.2, 0) is 20.7 Å². The highest BCUT2D eigenvalue weighted by Gasteiger charge is 2.10. The van der Waals surface area contributed by atoms with Crippen LogP contribution >= 0.6 is 0 Å². The van der Waals surface area contributed by atoms with Crippen molar-refractivity contribution < 1.29 is 19.1 Å². The maximum atomic E-state index is 12.0. The molecule has 0 aliphatic rings. The van der Waals surface area contributed by atoms with E-state index in [1.165, 1.54) is 0 Å². The Hall–Kier alpha value is -3.34. The molecule has 0 aliphatic carbocycles. The molecule has 0 aromatic heterocycles. The third kappa shape index (κ3) is 5.07. The van der Waals surface area contributed by atoms with Crippen molar-refractivity contribution in [2.75, 3.05) is 19.0 Å². The van der Waals surface area contributed by atoms with E-state index in [0.29, 0.717) is 12.1 Å². The van der Waals surface area contributed by atoms with Crippen LogP contribution in [0.3, 0.4) is 0 Å². The van der Waals surface area contributed by atoms with E-state index < -0.39 is 5.97 Å².